The second kappa shape index (κ2) is 6.73. The second-order valence-electron chi connectivity index (χ2n) is 8.50. The Labute approximate surface area is 167 Å². The van der Waals surface area contributed by atoms with Gasteiger partial charge in [-0.3, -0.25) is 5.10 Å². The Kier molecular flexibility index (Phi) is 4.48. The molecule has 0 amide bonds. The SMILES string of the molecule is CNc1cc(CC2(C)CC3C(=C(C)C(C)=C(N)C3C)O2)ccc1-c1ccn[nH]1. The zero-order chi connectivity index (χ0) is 20.1. The van der Waals surface area contributed by atoms with Gasteiger partial charge in [0.1, 0.15) is 11.4 Å². The zero-order valence-electron chi connectivity index (χ0n) is 17.4. The van der Waals surface area contributed by atoms with Crippen molar-refractivity contribution in [3.05, 3.63) is 58.6 Å². The largest absolute Gasteiger partial charge is 0.491 e. The maximum Gasteiger partial charge on any atom is 0.111 e. The number of anilines is 1. The van der Waals surface area contributed by atoms with E-state index < -0.39 is 0 Å². The molecular weight excluding hydrogens is 348 g/mol. The zero-order valence-corrected chi connectivity index (χ0v) is 17.4. The summed E-state index contributed by atoms with van der Waals surface area (Å²) in [6.07, 6.45) is 3.63. The van der Waals surface area contributed by atoms with E-state index in [-0.39, 0.29) is 5.60 Å². The lowest BCUT2D eigenvalue weighted by atomic mass is 9.76. The summed E-state index contributed by atoms with van der Waals surface area (Å²) in [4.78, 5) is 0. The van der Waals surface area contributed by atoms with Crippen molar-refractivity contribution in [2.24, 2.45) is 17.6 Å². The number of nitrogens with zero attached hydrogens (tertiary/aromatic N) is 1. The topological polar surface area (TPSA) is 76.0 Å². The van der Waals surface area contributed by atoms with Gasteiger partial charge in [0.25, 0.3) is 0 Å². The average molecular weight is 379 g/mol. The summed E-state index contributed by atoms with van der Waals surface area (Å²) in [5.41, 5.74) is 14.1. The molecule has 2 aliphatic rings. The van der Waals surface area contributed by atoms with Gasteiger partial charge in [0.2, 0.25) is 0 Å². The molecule has 3 unspecified atom stereocenters. The fourth-order valence-electron chi connectivity index (χ4n) is 4.75. The maximum absolute atomic E-state index is 6.59. The number of ether oxygens (including phenoxy) is 1. The fraction of sp³-hybridized carbons (Fsp3) is 0.435. The van der Waals surface area contributed by atoms with E-state index in [4.69, 9.17) is 10.5 Å². The first-order valence-electron chi connectivity index (χ1n) is 10.00. The molecule has 2 aromatic rings. The fourth-order valence-corrected chi connectivity index (χ4v) is 4.75. The number of hydrogen-bond donors (Lipinski definition) is 3. The van der Waals surface area contributed by atoms with Gasteiger partial charge in [-0.15, -0.1) is 0 Å². The predicted molar refractivity (Wildman–Crippen MR) is 114 cm³/mol. The van der Waals surface area contributed by atoms with Crippen molar-refractivity contribution in [3.8, 4) is 11.3 Å². The number of aromatic amines is 1. The second-order valence-corrected chi connectivity index (χ2v) is 8.50. The lowest BCUT2D eigenvalue weighted by Crippen LogP contribution is -2.27. The van der Waals surface area contributed by atoms with Crippen LogP contribution in [0.3, 0.4) is 0 Å². The van der Waals surface area contributed by atoms with Gasteiger partial charge in [-0.1, -0.05) is 19.1 Å². The summed E-state index contributed by atoms with van der Waals surface area (Å²) in [6.45, 7) is 8.70. The Morgan fingerprint density at radius 1 is 1.29 bits per heavy atom. The summed E-state index contributed by atoms with van der Waals surface area (Å²) < 4.78 is 6.59. The van der Waals surface area contributed by atoms with Gasteiger partial charge in [-0.2, -0.15) is 5.10 Å². The Morgan fingerprint density at radius 3 is 2.75 bits per heavy atom. The van der Waals surface area contributed by atoms with Crippen LogP contribution < -0.4 is 11.1 Å². The van der Waals surface area contributed by atoms with E-state index in [1.165, 1.54) is 16.7 Å². The summed E-state index contributed by atoms with van der Waals surface area (Å²) in [7, 11) is 1.95. The molecule has 0 radical (unpaired) electrons. The minimum Gasteiger partial charge on any atom is -0.491 e. The Hall–Kier alpha value is -2.69. The van der Waals surface area contributed by atoms with E-state index in [9.17, 15) is 0 Å². The van der Waals surface area contributed by atoms with Crippen molar-refractivity contribution >= 4 is 5.69 Å². The molecule has 1 saturated heterocycles. The van der Waals surface area contributed by atoms with Gasteiger partial charge in [-0.25, -0.2) is 0 Å². The van der Waals surface area contributed by atoms with E-state index in [0.717, 1.165) is 41.2 Å². The predicted octanol–water partition coefficient (Wildman–Crippen LogP) is 4.61. The highest BCUT2D eigenvalue weighted by Crippen LogP contribution is 2.49. The Morgan fingerprint density at radius 2 is 2.07 bits per heavy atom. The Bertz CT molecular complexity index is 957. The molecule has 1 aromatic carbocycles. The minimum atomic E-state index is -0.221. The average Bonchev–Trinajstić information content (AvgIpc) is 3.33. The van der Waals surface area contributed by atoms with Crippen LogP contribution in [0.5, 0.6) is 0 Å². The molecule has 4 rings (SSSR count). The smallest absolute Gasteiger partial charge is 0.111 e. The van der Waals surface area contributed by atoms with Crippen molar-refractivity contribution in [1.29, 1.82) is 0 Å². The summed E-state index contributed by atoms with van der Waals surface area (Å²) in [5, 5.41) is 10.4. The number of nitrogens with one attached hydrogen (secondary N) is 2. The highest BCUT2D eigenvalue weighted by molar-refractivity contribution is 5.75. The molecule has 28 heavy (non-hydrogen) atoms. The van der Waals surface area contributed by atoms with Crippen molar-refractivity contribution in [2.45, 2.75) is 46.1 Å². The quantitative estimate of drug-likeness (QED) is 0.726. The van der Waals surface area contributed by atoms with Gasteiger partial charge in [0, 0.05) is 48.4 Å². The van der Waals surface area contributed by atoms with Crippen LogP contribution in [0.4, 0.5) is 5.69 Å². The van der Waals surface area contributed by atoms with Crippen molar-refractivity contribution in [1.82, 2.24) is 10.2 Å². The summed E-state index contributed by atoms with van der Waals surface area (Å²) in [5.74, 6) is 1.85. The van der Waals surface area contributed by atoms with Crippen LogP contribution in [-0.2, 0) is 11.2 Å². The first kappa shape index (κ1) is 18.7. The molecule has 1 aromatic heterocycles. The molecule has 0 saturated carbocycles. The standard InChI is InChI=1S/C23H30N4O/c1-13-14(2)22-18(15(3)21(13)24)12-23(4,28-22)11-16-6-7-17(20(10-16)25-5)19-8-9-26-27-19/h6-10,15,18,25H,11-12,24H2,1-5H3,(H,26,27). The van der Waals surface area contributed by atoms with E-state index in [1.807, 2.05) is 13.1 Å². The number of H-pyrrole nitrogens is 1. The third-order valence-electron chi connectivity index (χ3n) is 6.53. The third-order valence-corrected chi connectivity index (χ3v) is 6.53. The van der Waals surface area contributed by atoms with E-state index in [1.54, 1.807) is 6.20 Å². The van der Waals surface area contributed by atoms with Crippen LogP contribution in [0, 0.1) is 11.8 Å². The summed E-state index contributed by atoms with van der Waals surface area (Å²) >= 11 is 0. The molecule has 2 heterocycles. The molecule has 148 valence electrons. The molecule has 0 spiro atoms. The molecule has 1 fully saturated rings. The van der Waals surface area contributed by atoms with Crippen molar-refractivity contribution in [3.63, 3.8) is 0 Å². The van der Waals surface area contributed by atoms with E-state index in [2.05, 4.69) is 61.4 Å². The number of rotatable bonds is 4. The van der Waals surface area contributed by atoms with Crippen molar-refractivity contribution < 1.29 is 4.74 Å². The summed E-state index contributed by atoms with van der Waals surface area (Å²) in [6, 6.07) is 8.54. The molecular formula is C23H30N4O. The number of allylic oxidation sites excluding steroid dienone is 4. The number of benzene rings is 1. The molecule has 3 atom stereocenters. The van der Waals surface area contributed by atoms with Gasteiger partial charge >= 0.3 is 0 Å². The van der Waals surface area contributed by atoms with E-state index >= 15 is 0 Å². The highest BCUT2D eigenvalue weighted by atomic mass is 16.5. The number of nitrogens with two attached hydrogens (primary N) is 1. The third kappa shape index (κ3) is 2.99. The van der Waals surface area contributed by atoms with Crippen LogP contribution in [0.25, 0.3) is 11.3 Å². The number of hydrogen-bond acceptors (Lipinski definition) is 4. The molecule has 1 aliphatic carbocycles. The lowest BCUT2D eigenvalue weighted by molar-refractivity contribution is 0.0569. The van der Waals surface area contributed by atoms with Gasteiger partial charge < -0.3 is 15.8 Å². The van der Waals surface area contributed by atoms with Gasteiger partial charge in [-0.05, 0) is 56.0 Å². The first-order chi connectivity index (χ1) is 13.3. The van der Waals surface area contributed by atoms with Crippen LogP contribution >= 0.6 is 0 Å². The molecule has 0 bridgehead atoms. The van der Waals surface area contributed by atoms with Gasteiger partial charge in [0.05, 0.1) is 5.69 Å². The van der Waals surface area contributed by atoms with Crippen LogP contribution in [0.15, 0.2) is 53.1 Å². The molecule has 4 N–H and O–H groups in total. The number of aromatic nitrogens is 2. The normalized spacial score (nSPS) is 27.0. The molecule has 5 nitrogen and oxygen atoms in total. The lowest BCUT2D eigenvalue weighted by Gasteiger charge is -2.28. The number of fused-ring (bicyclic) bond motifs is 1. The monoisotopic (exact) mass is 378 g/mol. The van der Waals surface area contributed by atoms with Crippen molar-refractivity contribution in [2.75, 3.05) is 12.4 Å². The molecule has 1 aliphatic heterocycles. The van der Waals surface area contributed by atoms with Gasteiger partial charge in [0.15, 0.2) is 0 Å². The van der Waals surface area contributed by atoms with Crippen LogP contribution in [-0.4, -0.2) is 22.8 Å². The Balaban J connectivity index is 1.60. The highest BCUT2D eigenvalue weighted by Gasteiger charge is 2.46. The minimum absolute atomic E-state index is 0.221. The van der Waals surface area contributed by atoms with Crippen LogP contribution in [0.2, 0.25) is 0 Å². The van der Waals surface area contributed by atoms with Crippen LogP contribution in [0.1, 0.15) is 39.7 Å². The van der Waals surface area contributed by atoms with E-state index in [0.29, 0.717) is 11.8 Å². The molecule has 5 heteroatoms. The maximum atomic E-state index is 6.59. The first-order valence-corrected chi connectivity index (χ1v) is 10.00.